The highest BCUT2D eigenvalue weighted by Crippen LogP contribution is 2.34. The molecule has 21 heavy (non-hydrogen) atoms. The number of anilines is 1. The van der Waals surface area contributed by atoms with E-state index >= 15 is 0 Å². The molecule has 1 heterocycles. The van der Waals surface area contributed by atoms with Gasteiger partial charge in [-0.15, -0.1) is 0 Å². The fraction of sp³-hybridized carbons (Fsp3) is 0.667. The second kappa shape index (κ2) is 6.18. The molecule has 1 N–H and O–H groups in total. The summed E-state index contributed by atoms with van der Waals surface area (Å²) in [5, 5.41) is 4.61. The Balaban J connectivity index is 2.34. The predicted octanol–water partition coefficient (Wildman–Crippen LogP) is 4.50. The minimum atomic E-state index is 0.247. The van der Waals surface area contributed by atoms with E-state index in [9.17, 15) is 0 Å². The van der Waals surface area contributed by atoms with Crippen LogP contribution in [0.15, 0.2) is 18.2 Å². The van der Waals surface area contributed by atoms with Crippen LogP contribution in [0.5, 0.6) is 0 Å². The van der Waals surface area contributed by atoms with Crippen LogP contribution in [0.2, 0.25) is 5.02 Å². The molecule has 3 heteroatoms. The Hall–Kier alpha value is -0.730. The molecule has 1 aromatic carbocycles. The number of rotatable bonds is 2. The molecule has 2 unspecified atom stereocenters. The maximum atomic E-state index is 6.53. The van der Waals surface area contributed by atoms with E-state index < -0.39 is 0 Å². The van der Waals surface area contributed by atoms with Gasteiger partial charge in [-0.3, -0.25) is 0 Å². The molecular formula is C18H29ClN2. The summed E-state index contributed by atoms with van der Waals surface area (Å²) in [6, 6.07) is 7.38. The Morgan fingerprint density at radius 1 is 1.29 bits per heavy atom. The van der Waals surface area contributed by atoms with Crippen LogP contribution in [0, 0.1) is 18.3 Å². The summed E-state index contributed by atoms with van der Waals surface area (Å²) in [6.07, 6.45) is 0. The summed E-state index contributed by atoms with van der Waals surface area (Å²) in [4.78, 5) is 2.51. The van der Waals surface area contributed by atoms with Crippen LogP contribution in [-0.2, 0) is 0 Å². The van der Waals surface area contributed by atoms with Crippen molar-refractivity contribution in [3.05, 3.63) is 28.8 Å². The van der Waals surface area contributed by atoms with E-state index in [4.69, 9.17) is 11.6 Å². The highest BCUT2D eigenvalue weighted by atomic mass is 35.5. The maximum Gasteiger partial charge on any atom is 0.0642 e. The van der Waals surface area contributed by atoms with Gasteiger partial charge in [-0.2, -0.15) is 0 Å². The van der Waals surface area contributed by atoms with Crippen molar-refractivity contribution in [1.29, 1.82) is 0 Å². The van der Waals surface area contributed by atoms with Gasteiger partial charge in [-0.25, -0.2) is 0 Å². The Kier molecular flexibility index (Phi) is 4.89. The van der Waals surface area contributed by atoms with Crippen molar-refractivity contribution in [2.24, 2.45) is 11.3 Å². The maximum absolute atomic E-state index is 6.53. The molecule has 2 nitrogen and oxygen atoms in total. The summed E-state index contributed by atoms with van der Waals surface area (Å²) in [6.45, 7) is 15.6. The first-order chi connectivity index (χ1) is 9.70. The number of hydrogen-bond donors (Lipinski definition) is 1. The second-order valence-electron chi connectivity index (χ2n) is 7.75. The topological polar surface area (TPSA) is 15.3 Å². The molecule has 1 aliphatic heterocycles. The Labute approximate surface area is 134 Å². The van der Waals surface area contributed by atoms with Crippen LogP contribution in [0.3, 0.4) is 0 Å². The van der Waals surface area contributed by atoms with E-state index in [1.807, 2.05) is 0 Å². The molecule has 1 aliphatic rings. The zero-order valence-electron chi connectivity index (χ0n) is 14.2. The summed E-state index contributed by atoms with van der Waals surface area (Å²) in [5.41, 5.74) is 2.64. The van der Waals surface area contributed by atoms with Crippen LogP contribution >= 0.6 is 11.6 Å². The third kappa shape index (κ3) is 3.73. The summed E-state index contributed by atoms with van der Waals surface area (Å²) in [7, 11) is 0. The van der Waals surface area contributed by atoms with Gasteiger partial charge in [0.15, 0.2) is 0 Å². The third-order valence-electron chi connectivity index (χ3n) is 4.58. The van der Waals surface area contributed by atoms with E-state index in [1.54, 1.807) is 0 Å². The highest BCUT2D eigenvalue weighted by Gasteiger charge is 2.35. The second-order valence-corrected chi connectivity index (χ2v) is 8.15. The number of piperazine rings is 1. The highest BCUT2D eigenvalue weighted by molar-refractivity contribution is 6.33. The van der Waals surface area contributed by atoms with E-state index in [-0.39, 0.29) is 5.41 Å². The lowest BCUT2D eigenvalue weighted by atomic mass is 9.83. The predicted molar refractivity (Wildman–Crippen MR) is 93.4 cm³/mol. The van der Waals surface area contributed by atoms with Crippen LogP contribution in [0.1, 0.15) is 40.2 Å². The molecule has 0 radical (unpaired) electrons. The molecule has 1 fully saturated rings. The zero-order valence-corrected chi connectivity index (χ0v) is 15.0. The average molecular weight is 309 g/mol. The molecule has 0 aliphatic carbocycles. The van der Waals surface area contributed by atoms with Gasteiger partial charge in [0, 0.05) is 25.2 Å². The first-order valence-electron chi connectivity index (χ1n) is 7.96. The first kappa shape index (κ1) is 16.6. The minimum Gasteiger partial charge on any atom is -0.364 e. The van der Waals surface area contributed by atoms with Crippen molar-refractivity contribution in [2.75, 3.05) is 18.0 Å². The standard InChI is InChI=1S/C18H29ClN2/c1-12(2)16-10-20-17(18(4,5)6)11-21(16)15-8-7-13(3)9-14(15)19/h7-9,12,16-17,20H,10-11H2,1-6H3. The summed E-state index contributed by atoms with van der Waals surface area (Å²) in [5.74, 6) is 0.593. The third-order valence-corrected chi connectivity index (χ3v) is 4.88. The van der Waals surface area contributed by atoms with E-state index in [1.165, 1.54) is 11.3 Å². The number of halogens is 1. The van der Waals surface area contributed by atoms with Gasteiger partial charge in [0.2, 0.25) is 0 Å². The van der Waals surface area contributed by atoms with Crippen LogP contribution in [0.25, 0.3) is 0 Å². The molecule has 0 bridgehead atoms. The SMILES string of the molecule is Cc1ccc(N2CC(C(C)(C)C)NCC2C(C)C)c(Cl)c1. The number of nitrogens with one attached hydrogen (secondary N) is 1. The van der Waals surface area contributed by atoms with Crippen molar-refractivity contribution in [1.82, 2.24) is 5.32 Å². The van der Waals surface area contributed by atoms with Crippen molar-refractivity contribution in [3.8, 4) is 0 Å². The molecular weight excluding hydrogens is 280 g/mol. The van der Waals surface area contributed by atoms with Crippen molar-refractivity contribution in [3.63, 3.8) is 0 Å². The lowest BCUT2D eigenvalue weighted by Gasteiger charge is -2.48. The number of aryl methyl sites for hydroxylation is 1. The van der Waals surface area contributed by atoms with Crippen LogP contribution in [0.4, 0.5) is 5.69 Å². The molecule has 2 rings (SSSR count). The molecule has 2 atom stereocenters. The summed E-state index contributed by atoms with van der Waals surface area (Å²) < 4.78 is 0. The van der Waals surface area contributed by atoms with Gasteiger partial charge in [-0.05, 0) is 36.0 Å². The summed E-state index contributed by atoms with van der Waals surface area (Å²) >= 11 is 6.53. The fourth-order valence-electron chi connectivity index (χ4n) is 3.07. The number of hydrogen-bond acceptors (Lipinski definition) is 2. The van der Waals surface area contributed by atoms with Crippen molar-refractivity contribution >= 4 is 17.3 Å². The number of benzene rings is 1. The first-order valence-corrected chi connectivity index (χ1v) is 8.34. The molecule has 0 spiro atoms. The van der Waals surface area contributed by atoms with Gasteiger partial charge in [0.1, 0.15) is 0 Å². The molecule has 0 saturated carbocycles. The van der Waals surface area contributed by atoms with Gasteiger partial charge >= 0.3 is 0 Å². The van der Waals surface area contributed by atoms with Crippen molar-refractivity contribution in [2.45, 2.75) is 53.6 Å². The van der Waals surface area contributed by atoms with Crippen LogP contribution < -0.4 is 10.2 Å². The van der Waals surface area contributed by atoms with E-state index in [2.05, 4.69) is 70.0 Å². The van der Waals surface area contributed by atoms with Gasteiger partial charge < -0.3 is 10.2 Å². The Morgan fingerprint density at radius 2 is 1.95 bits per heavy atom. The van der Waals surface area contributed by atoms with Gasteiger partial charge in [0.05, 0.1) is 10.7 Å². The average Bonchev–Trinajstić information content (AvgIpc) is 2.37. The smallest absolute Gasteiger partial charge is 0.0642 e. The monoisotopic (exact) mass is 308 g/mol. The zero-order chi connectivity index (χ0) is 15.8. The fourth-order valence-corrected chi connectivity index (χ4v) is 3.41. The molecule has 1 saturated heterocycles. The Bertz CT molecular complexity index is 490. The normalized spacial score (nSPS) is 23.7. The minimum absolute atomic E-state index is 0.247. The molecule has 118 valence electrons. The van der Waals surface area contributed by atoms with E-state index in [0.29, 0.717) is 18.0 Å². The lowest BCUT2D eigenvalue weighted by Crippen LogP contribution is -2.62. The van der Waals surface area contributed by atoms with E-state index in [0.717, 1.165) is 18.1 Å². The van der Waals surface area contributed by atoms with Crippen molar-refractivity contribution < 1.29 is 0 Å². The largest absolute Gasteiger partial charge is 0.364 e. The Morgan fingerprint density at radius 3 is 2.48 bits per heavy atom. The van der Waals surface area contributed by atoms with Crippen LogP contribution in [-0.4, -0.2) is 25.2 Å². The quantitative estimate of drug-likeness (QED) is 0.865. The van der Waals surface area contributed by atoms with Gasteiger partial charge in [0.25, 0.3) is 0 Å². The number of nitrogens with zero attached hydrogens (tertiary/aromatic N) is 1. The molecule has 0 aromatic heterocycles. The van der Waals surface area contributed by atoms with Gasteiger partial charge in [-0.1, -0.05) is 52.3 Å². The molecule has 0 amide bonds. The lowest BCUT2D eigenvalue weighted by molar-refractivity contribution is 0.221. The molecule has 1 aromatic rings.